The van der Waals surface area contributed by atoms with Crippen molar-refractivity contribution in [2.75, 3.05) is 6.61 Å². The first kappa shape index (κ1) is 10.6. The van der Waals surface area contributed by atoms with E-state index in [-0.39, 0.29) is 25.3 Å². The summed E-state index contributed by atoms with van der Waals surface area (Å²) in [5.74, 6) is 0.697. The molecule has 0 saturated carbocycles. The third kappa shape index (κ3) is 3.12. The van der Waals surface area contributed by atoms with Gasteiger partial charge in [0.2, 0.25) is 5.89 Å². The van der Waals surface area contributed by atoms with Crippen molar-refractivity contribution in [3.8, 4) is 6.07 Å². The van der Waals surface area contributed by atoms with Gasteiger partial charge in [0.1, 0.15) is 0 Å². The Balaban J connectivity index is 2.47. The lowest BCUT2D eigenvalue weighted by atomic mass is 10.2. The maximum Gasteiger partial charge on any atom is 0.229 e. The van der Waals surface area contributed by atoms with Crippen molar-refractivity contribution in [1.29, 1.82) is 5.26 Å². The molecule has 0 spiro atoms. The average Bonchev–Trinajstić information content (AvgIpc) is 2.53. The molecule has 0 amide bonds. The summed E-state index contributed by atoms with van der Waals surface area (Å²) in [7, 11) is 0. The monoisotopic (exact) mass is 197 g/mol. The SMILES string of the molecule is N#CCC(O)Cc1nc(CCO)no1. The Labute approximate surface area is 80.8 Å². The van der Waals surface area contributed by atoms with Gasteiger partial charge in [-0.2, -0.15) is 10.2 Å². The second-order valence-electron chi connectivity index (χ2n) is 2.80. The molecule has 6 heteroatoms. The van der Waals surface area contributed by atoms with Crippen molar-refractivity contribution >= 4 is 0 Å². The van der Waals surface area contributed by atoms with Crippen LogP contribution in [0.3, 0.4) is 0 Å². The minimum atomic E-state index is -0.776. The molecule has 0 bridgehead atoms. The normalized spacial score (nSPS) is 12.4. The van der Waals surface area contributed by atoms with E-state index in [2.05, 4.69) is 10.1 Å². The molecule has 0 aliphatic heterocycles. The van der Waals surface area contributed by atoms with Gasteiger partial charge in [0, 0.05) is 6.42 Å². The second-order valence-corrected chi connectivity index (χ2v) is 2.80. The van der Waals surface area contributed by atoms with E-state index in [1.807, 2.05) is 6.07 Å². The Kier molecular flexibility index (Phi) is 4.04. The average molecular weight is 197 g/mol. The van der Waals surface area contributed by atoms with Crippen molar-refractivity contribution in [3.63, 3.8) is 0 Å². The lowest BCUT2D eigenvalue weighted by Gasteiger charge is -1.99. The minimum absolute atomic E-state index is 0.0394. The molecule has 1 aromatic heterocycles. The van der Waals surface area contributed by atoms with Gasteiger partial charge in [0.15, 0.2) is 5.82 Å². The molecule has 1 aromatic rings. The van der Waals surface area contributed by atoms with E-state index in [9.17, 15) is 5.11 Å². The van der Waals surface area contributed by atoms with Crippen LogP contribution in [0.25, 0.3) is 0 Å². The maximum absolute atomic E-state index is 9.24. The zero-order valence-electron chi connectivity index (χ0n) is 7.55. The van der Waals surface area contributed by atoms with E-state index in [0.29, 0.717) is 12.2 Å². The van der Waals surface area contributed by atoms with Crippen LogP contribution in [-0.2, 0) is 12.8 Å². The topological polar surface area (TPSA) is 103 Å². The van der Waals surface area contributed by atoms with Crippen molar-refractivity contribution in [1.82, 2.24) is 10.1 Å². The zero-order valence-corrected chi connectivity index (χ0v) is 7.55. The van der Waals surface area contributed by atoms with Gasteiger partial charge >= 0.3 is 0 Å². The molecule has 14 heavy (non-hydrogen) atoms. The fraction of sp³-hybridized carbons (Fsp3) is 0.625. The van der Waals surface area contributed by atoms with Gasteiger partial charge in [-0.25, -0.2) is 0 Å². The van der Waals surface area contributed by atoms with Crippen LogP contribution in [0.5, 0.6) is 0 Å². The summed E-state index contributed by atoms with van der Waals surface area (Å²) in [5, 5.41) is 29.7. The quantitative estimate of drug-likeness (QED) is 0.654. The first-order valence-electron chi connectivity index (χ1n) is 4.23. The highest BCUT2D eigenvalue weighted by atomic mass is 16.5. The molecule has 1 rings (SSSR count). The van der Waals surface area contributed by atoms with Crippen LogP contribution in [0.15, 0.2) is 4.52 Å². The Morgan fingerprint density at radius 1 is 1.57 bits per heavy atom. The second kappa shape index (κ2) is 5.32. The van der Waals surface area contributed by atoms with E-state index in [1.54, 1.807) is 0 Å². The Morgan fingerprint density at radius 2 is 2.36 bits per heavy atom. The van der Waals surface area contributed by atoms with E-state index in [4.69, 9.17) is 14.9 Å². The molecule has 2 N–H and O–H groups in total. The molecule has 1 atom stereocenters. The van der Waals surface area contributed by atoms with Crippen molar-refractivity contribution < 1.29 is 14.7 Å². The van der Waals surface area contributed by atoms with Gasteiger partial charge in [0.25, 0.3) is 0 Å². The largest absolute Gasteiger partial charge is 0.396 e. The van der Waals surface area contributed by atoms with Crippen LogP contribution in [0.1, 0.15) is 18.1 Å². The molecule has 6 nitrogen and oxygen atoms in total. The highest BCUT2D eigenvalue weighted by Crippen LogP contribution is 2.03. The summed E-state index contributed by atoms with van der Waals surface area (Å²) in [5.41, 5.74) is 0. The molecular weight excluding hydrogens is 186 g/mol. The van der Waals surface area contributed by atoms with Gasteiger partial charge in [-0.15, -0.1) is 0 Å². The van der Waals surface area contributed by atoms with Crippen molar-refractivity contribution in [2.24, 2.45) is 0 Å². The highest BCUT2D eigenvalue weighted by Gasteiger charge is 2.11. The predicted molar refractivity (Wildman–Crippen MR) is 45.0 cm³/mol. The van der Waals surface area contributed by atoms with Crippen LogP contribution >= 0.6 is 0 Å². The molecule has 1 heterocycles. The number of nitrogens with zero attached hydrogens (tertiary/aromatic N) is 3. The Morgan fingerprint density at radius 3 is 3.00 bits per heavy atom. The Hall–Kier alpha value is -1.45. The molecule has 0 fully saturated rings. The summed E-state index contributed by atoms with van der Waals surface area (Å²) in [4.78, 5) is 3.92. The number of aliphatic hydroxyl groups excluding tert-OH is 2. The molecule has 0 radical (unpaired) electrons. The molecular formula is C8H11N3O3. The number of aliphatic hydroxyl groups is 2. The molecule has 0 saturated heterocycles. The van der Waals surface area contributed by atoms with Crippen LogP contribution in [0.4, 0.5) is 0 Å². The molecule has 0 aromatic carbocycles. The standard InChI is InChI=1S/C8H11N3O3/c9-3-1-6(13)5-8-10-7(2-4-12)11-14-8/h6,12-13H,1-2,4-5H2. The zero-order chi connectivity index (χ0) is 10.4. The number of hydrogen-bond donors (Lipinski definition) is 2. The molecule has 76 valence electrons. The molecule has 0 aliphatic carbocycles. The van der Waals surface area contributed by atoms with Crippen LogP contribution < -0.4 is 0 Å². The van der Waals surface area contributed by atoms with Gasteiger partial charge in [-0.1, -0.05) is 5.16 Å². The molecule has 0 aliphatic rings. The van der Waals surface area contributed by atoms with E-state index in [0.717, 1.165) is 0 Å². The van der Waals surface area contributed by atoms with Gasteiger partial charge in [0.05, 0.1) is 31.6 Å². The van der Waals surface area contributed by atoms with E-state index in [1.165, 1.54) is 0 Å². The summed E-state index contributed by atoms with van der Waals surface area (Å²) in [6.45, 7) is -0.0419. The summed E-state index contributed by atoms with van der Waals surface area (Å²) in [6, 6.07) is 1.84. The number of rotatable bonds is 5. The smallest absolute Gasteiger partial charge is 0.229 e. The fourth-order valence-electron chi connectivity index (χ4n) is 0.954. The summed E-state index contributed by atoms with van der Waals surface area (Å²) < 4.78 is 4.79. The molecule has 1 unspecified atom stereocenters. The highest BCUT2D eigenvalue weighted by molar-refractivity contribution is 4.90. The lowest BCUT2D eigenvalue weighted by molar-refractivity contribution is 0.167. The third-order valence-corrected chi connectivity index (χ3v) is 1.58. The van der Waals surface area contributed by atoms with Crippen LogP contribution in [-0.4, -0.2) is 33.1 Å². The maximum atomic E-state index is 9.24. The number of nitriles is 1. The predicted octanol–water partition coefficient (Wildman–Crippen LogP) is -0.579. The van der Waals surface area contributed by atoms with Crippen LogP contribution in [0.2, 0.25) is 0 Å². The van der Waals surface area contributed by atoms with Crippen molar-refractivity contribution in [2.45, 2.75) is 25.4 Å². The van der Waals surface area contributed by atoms with E-state index < -0.39 is 6.10 Å². The van der Waals surface area contributed by atoms with Gasteiger partial charge in [-0.05, 0) is 0 Å². The fourth-order valence-corrected chi connectivity index (χ4v) is 0.954. The van der Waals surface area contributed by atoms with Crippen molar-refractivity contribution in [3.05, 3.63) is 11.7 Å². The Bertz CT molecular complexity index is 318. The minimum Gasteiger partial charge on any atom is -0.396 e. The first-order valence-corrected chi connectivity index (χ1v) is 4.23. The first-order chi connectivity index (χ1) is 6.76. The van der Waals surface area contributed by atoms with Gasteiger partial charge in [-0.3, -0.25) is 0 Å². The summed E-state index contributed by atoms with van der Waals surface area (Å²) >= 11 is 0. The lowest BCUT2D eigenvalue weighted by Crippen LogP contribution is -2.09. The summed E-state index contributed by atoms with van der Waals surface area (Å²) in [6.07, 6.45) is -0.232. The van der Waals surface area contributed by atoms with Gasteiger partial charge < -0.3 is 14.7 Å². The number of aromatic nitrogens is 2. The number of hydrogen-bond acceptors (Lipinski definition) is 6. The van der Waals surface area contributed by atoms with E-state index >= 15 is 0 Å². The van der Waals surface area contributed by atoms with Crippen LogP contribution in [0, 0.1) is 11.3 Å². The third-order valence-electron chi connectivity index (χ3n) is 1.58.